The molecule has 3 heterocycles. The number of carboxylic acids is 1. The third-order valence-electron chi connectivity index (χ3n) is 7.15. The van der Waals surface area contributed by atoms with Crippen LogP contribution in [0, 0.1) is 25.2 Å². The first-order chi connectivity index (χ1) is 27.2. The number of allylic oxidation sites excluding steroid dienone is 1. The number of nitriles is 1. The van der Waals surface area contributed by atoms with E-state index in [9.17, 15) is 24.0 Å². The summed E-state index contributed by atoms with van der Waals surface area (Å²) in [5, 5.41) is 23.7. The number of carboxylic acid groups (broad SMARTS) is 1. The third kappa shape index (κ3) is 22.0. The first kappa shape index (κ1) is 53.1. The van der Waals surface area contributed by atoms with E-state index in [1.54, 1.807) is 53.3 Å². The van der Waals surface area contributed by atoms with Crippen molar-refractivity contribution < 1.29 is 33.8 Å². The second kappa shape index (κ2) is 25.5. The zero-order valence-corrected chi connectivity index (χ0v) is 37.0. The summed E-state index contributed by atoms with van der Waals surface area (Å²) in [6.45, 7) is 15.6. The summed E-state index contributed by atoms with van der Waals surface area (Å²) in [6, 6.07) is 14.9. The predicted octanol–water partition coefficient (Wildman–Crippen LogP) is 8.66. The normalized spacial score (nSPS) is 9.78. The zero-order chi connectivity index (χ0) is 45.8. The molecule has 4 aromatic rings. The van der Waals surface area contributed by atoms with Gasteiger partial charge in [0.25, 0.3) is 5.24 Å². The van der Waals surface area contributed by atoms with Crippen molar-refractivity contribution in [2.45, 2.75) is 67.5 Å². The molecule has 3 aromatic heterocycles. The molecule has 4 N–H and O–H groups in total. The maximum Gasteiger partial charge on any atom is 0.412 e. The molecule has 0 atom stereocenters. The first-order valence-corrected chi connectivity index (χ1v) is 18.4. The van der Waals surface area contributed by atoms with E-state index in [-0.39, 0.29) is 5.69 Å². The van der Waals surface area contributed by atoms with Crippen molar-refractivity contribution in [3.63, 3.8) is 0 Å². The summed E-state index contributed by atoms with van der Waals surface area (Å²) in [7, 11) is 16.9. The van der Waals surface area contributed by atoms with Gasteiger partial charge in [-0.1, -0.05) is 41.4 Å². The molecule has 0 spiro atoms. The van der Waals surface area contributed by atoms with Gasteiger partial charge in [0.15, 0.2) is 11.6 Å². The Morgan fingerprint density at radius 2 is 1.24 bits per heavy atom. The van der Waals surface area contributed by atoms with Crippen LogP contribution >= 0.6 is 23.2 Å². The summed E-state index contributed by atoms with van der Waals surface area (Å²) in [4.78, 5) is 55.9. The van der Waals surface area contributed by atoms with Crippen molar-refractivity contribution >= 4 is 84.9 Å². The lowest BCUT2D eigenvalue weighted by Gasteiger charge is -2.19. The molecule has 1 aromatic carbocycles. The van der Waals surface area contributed by atoms with Gasteiger partial charge in [-0.05, 0) is 89.4 Å². The van der Waals surface area contributed by atoms with Crippen molar-refractivity contribution in [3.05, 3.63) is 100.0 Å². The highest BCUT2D eigenvalue weighted by atomic mass is 35.5. The van der Waals surface area contributed by atoms with Crippen LogP contribution in [0.1, 0.15) is 79.3 Å². The van der Waals surface area contributed by atoms with E-state index >= 15 is 0 Å². The molecule has 4 radical (unpaired) electrons. The monoisotopic (exact) mass is 848 g/mol. The van der Waals surface area contributed by atoms with E-state index in [4.69, 9.17) is 54.0 Å². The summed E-state index contributed by atoms with van der Waals surface area (Å²) in [6.07, 6.45) is 4.24. The van der Waals surface area contributed by atoms with Crippen LogP contribution < -0.4 is 16.0 Å². The molecule has 3 amide bonds. The number of ether oxygens (including phenoxy) is 1. The number of aryl methyl sites for hydroxylation is 5. The van der Waals surface area contributed by atoms with E-state index in [1.807, 2.05) is 45.5 Å². The lowest BCUT2D eigenvalue weighted by Crippen LogP contribution is -2.27. The number of aromatic carboxylic acids is 1. The Balaban J connectivity index is 0.000000750. The van der Waals surface area contributed by atoms with Gasteiger partial charge in [-0.25, -0.2) is 9.59 Å². The number of carbonyl (C=O) groups is 5. The summed E-state index contributed by atoms with van der Waals surface area (Å²) in [5.41, 5.74) is 6.16. The number of hydrogen-bond donors (Lipinski definition) is 4. The van der Waals surface area contributed by atoms with E-state index in [1.165, 1.54) is 45.5 Å². The van der Waals surface area contributed by atoms with Crippen LogP contribution in [-0.2, 0) is 32.4 Å². The highest BCUT2D eigenvalue weighted by molar-refractivity contribution is 6.67. The lowest BCUT2D eigenvalue weighted by atomic mass is 10.1. The van der Waals surface area contributed by atoms with E-state index in [2.05, 4.69) is 52.0 Å². The molecule has 0 saturated heterocycles. The van der Waals surface area contributed by atoms with Crippen LogP contribution in [0.4, 0.5) is 31.4 Å². The van der Waals surface area contributed by atoms with Crippen molar-refractivity contribution in [2.75, 3.05) is 23.0 Å². The molecule has 15 nitrogen and oxygen atoms in total. The Kier molecular flexibility index (Phi) is 23.0. The van der Waals surface area contributed by atoms with Crippen LogP contribution in [0.3, 0.4) is 0 Å². The maximum atomic E-state index is 11.4. The van der Waals surface area contributed by atoms with Crippen molar-refractivity contribution in [1.82, 2.24) is 18.6 Å². The van der Waals surface area contributed by atoms with Gasteiger partial charge < -0.3 is 39.1 Å². The van der Waals surface area contributed by atoms with Crippen LogP contribution in [-0.4, -0.2) is 81.0 Å². The molecule has 19 heteroatoms. The standard InChI is InChI=1S/C13H18ClN.C11H16N2O4.C7H6BClN2O2.C7H9BN2O.C2H3N/c1-10(2)13(14)15(4)9-12-7-5-11(3)6-8-12;1-11(2,3)17-10(16)12-7-5-8(9(14)15)13(4)6-7;1-11-3-4(10-7(8)13)2-5(11)6(9)12;1-5-3-6(4-10(5)2)9-7(8)11;1-2-3/h5-8H,9H2,1-4H3;5-6H,1-4H3,(H,12,16)(H,14,15);2-3H,1H3,(H,10,13);3-4H,1-2H3,(H,9,11);1H3. The van der Waals surface area contributed by atoms with Gasteiger partial charge in [0.2, 0.25) is 15.7 Å². The highest BCUT2D eigenvalue weighted by Gasteiger charge is 2.18. The maximum absolute atomic E-state index is 11.4. The van der Waals surface area contributed by atoms with Gasteiger partial charge in [-0.2, -0.15) is 5.26 Å². The van der Waals surface area contributed by atoms with E-state index in [0.717, 1.165) is 28.7 Å². The molecule has 0 aliphatic heterocycles. The molecule has 0 aliphatic rings. The molecule has 0 bridgehead atoms. The van der Waals surface area contributed by atoms with Crippen LogP contribution in [0.25, 0.3) is 0 Å². The molecule has 314 valence electrons. The van der Waals surface area contributed by atoms with Gasteiger partial charge >= 0.3 is 12.1 Å². The third-order valence-corrected chi connectivity index (χ3v) is 8.01. The number of benzene rings is 1. The lowest BCUT2D eigenvalue weighted by molar-refractivity contribution is 0.0633. The predicted molar refractivity (Wildman–Crippen MR) is 236 cm³/mol. The van der Waals surface area contributed by atoms with Crippen molar-refractivity contribution in [3.8, 4) is 6.07 Å². The average molecular weight is 849 g/mol. The van der Waals surface area contributed by atoms with Gasteiger partial charge in [0.05, 0.1) is 23.1 Å². The molecule has 0 saturated carbocycles. The zero-order valence-electron chi connectivity index (χ0n) is 35.5. The number of amides is 3. The Hall–Kier alpha value is -5.85. The fourth-order valence-electron chi connectivity index (χ4n) is 4.54. The van der Waals surface area contributed by atoms with Gasteiger partial charge in [-0.15, -0.1) is 0 Å². The number of anilines is 3. The number of aromatic nitrogens is 3. The number of carbonyl (C=O) groups excluding carboxylic acids is 4. The summed E-state index contributed by atoms with van der Waals surface area (Å²) >= 11 is 11.4. The second-order valence-electron chi connectivity index (χ2n) is 14.0. The Morgan fingerprint density at radius 1 is 0.814 bits per heavy atom. The molecular formula is C40H52B2Cl2N8O7. The molecule has 4 rings (SSSR count). The Morgan fingerprint density at radius 3 is 1.59 bits per heavy atom. The van der Waals surface area contributed by atoms with Crippen LogP contribution in [0.2, 0.25) is 0 Å². The quantitative estimate of drug-likeness (QED) is 0.0763. The Bertz CT molecular complexity index is 2090. The molecule has 59 heavy (non-hydrogen) atoms. The number of halogens is 2. The molecule has 0 unspecified atom stereocenters. The largest absolute Gasteiger partial charge is 0.477 e. The van der Waals surface area contributed by atoms with Gasteiger partial charge in [-0.3, -0.25) is 19.7 Å². The minimum absolute atomic E-state index is 0.0936. The topological polar surface area (TPSA) is 193 Å². The fourth-order valence-corrected chi connectivity index (χ4v) is 4.79. The SMILES string of the molecule is CC#N.CC(C)=C(Cl)N(C)Cc1ccc(C)cc1.Cn1cc(NC(=O)OC(C)(C)C)cc1C(=O)O.[B]C(=O)Nc1cc(C(=O)Cl)n(C)c1.[B]C(=O)Nc1cc(C)n(C)c1. The average Bonchev–Trinajstić information content (AvgIpc) is 3.75. The smallest absolute Gasteiger partial charge is 0.412 e. The number of hydrogen-bond acceptors (Lipinski definition) is 8. The minimum atomic E-state index is -1.05. The first-order valence-electron chi connectivity index (χ1n) is 17.6. The highest BCUT2D eigenvalue weighted by Crippen LogP contribution is 2.18. The van der Waals surface area contributed by atoms with Crippen molar-refractivity contribution in [2.24, 2.45) is 21.1 Å². The van der Waals surface area contributed by atoms with Gasteiger partial charge in [0.1, 0.15) is 22.1 Å². The van der Waals surface area contributed by atoms with Crippen molar-refractivity contribution in [1.29, 1.82) is 5.26 Å². The van der Waals surface area contributed by atoms with Gasteiger partial charge in [0, 0.05) is 65.9 Å². The van der Waals surface area contributed by atoms with E-state index < -0.39 is 34.5 Å². The minimum Gasteiger partial charge on any atom is -0.477 e. The summed E-state index contributed by atoms with van der Waals surface area (Å²) < 4.78 is 9.86. The number of rotatable bonds is 8. The molecule has 0 fully saturated rings. The number of nitrogens with zero attached hydrogens (tertiary/aromatic N) is 5. The molecular weight excluding hydrogens is 797 g/mol. The van der Waals surface area contributed by atoms with Crippen LogP contribution in [0.15, 0.2) is 71.8 Å². The van der Waals surface area contributed by atoms with Crippen LogP contribution in [0.5, 0.6) is 0 Å². The fraction of sp³-hybridized carbons (Fsp3) is 0.350. The van der Waals surface area contributed by atoms with E-state index in [0.29, 0.717) is 17.1 Å². The second-order valence-corrected chi connectivity index (χ2v) is 14.7. The summed E-state index contributed by atoms with van der Waals surface area (Å²) in [5.74, 6) is -2.26. The number of nitrogens with one attached hydrogen (secondary N) is 3. The Labute approximate surface area is 359 Å². The molecule has 0 aliphatic carbocycles.